The molecule has 2 rings (SSSR count). The highest BCUT2D eigenvalue weighted by Crippen LogP contribution is 2.16. The summed E-state index contributed by atoms with van der Waals surface area (Å²) in [6.45, 7) is 1.01. The predicted octanol–water partition coefficient (Wildman–Crippen LogP) is 0.971. The molecule has 4 nitrogen and oxygen atoms in total. The summed E-state index contributed by atoms with van der Waals surface area (Å²) in [5, 5.41) is 0. The van der Waals surface area contributed by atoms with Gasteiger partial charge in [0.15, 0.2) is 0 Å². The van der Waals surface area contributed by atoms with E-state index in [2.05, 4.69) is 0 Å². The van der Waals surface area contributed by atoms with Gasteiger partial charge in [-0.25, -0.2) is 12.7 Å². The van der Waals surface area contributed by atoms with Crippen molar-refractivity contribution in [2.75, 3.05) is 13.1 Å². The summed E-state index contributed by atoms with van der Waals surface area (Å²) in [5.74, 6) is 0.0700. The zero-order valence-electron chi connectivity index (χ0n) is 9.45. The van der Waals surface area contributed by atoms with Crippen LogP contribution in [0.25, 0.3) is 0 Å². The van der Waals surface area contributed by atoms with Crippen molar-refractivity contribution in [3.05, 3.63) is 35.9 Å². The molecule has 0 saturated carbocycles. The van der Waals surface area contributed by atoms with Gasteiger partial charge in [0.1, 0.15) is 0 Å². The molecule has 0 unspecified atom stereocenters. The highest BCUT2D eigenvalue weighted by molar-refractivity contribution is 7.88. The Labute approximate surface area is 108 Å². The minimum atomic E-state index is -3.19. The molecule has 1 aliphatic heterocycles. The Kier molecular flexibility index (Phi) is 4.94. The number of nitrogens with zero attached hydrogens (tertiary/aromatic N) is 1. The Morgan fingerprint density at radius 3 is 2.47 bits per heavy atom. The third kappa shape index (κ3) is 3.67. The van der Waals surface area contributed by atoms with Crippen molar-refractivity contribution >= 4 is 22.4 Å². The average molecular weight is 277 g/mol. The quantitative estimate of drug-likeness (QED) is 0.895. The molecule has 17 heavy (non-hydrogen) atoms. The summed E-state index contributed by atoms with van der Waals surface area (Å²) in [6, 6.07) is 9.22. The standard InChI is InChI=1S/C11H16N2O2S.ClH/c12-11-6-7-13(8-11)16(14,15)9-10-4-2-1-3-5-10;/h1-5,11H,6-9,12H2;1H/t11-;/m0./s1. The van der Waals surface area contributed by atoms with Gasteiger partial charge in [0, 0.05) is 19.1 Å². The third-order valence-electron chi connectivity index (χ3n) is 2.77. The lowest BCUT2D eigenvalue weighted by Gasteiger charge is -2.15. The second kappa shape index (κ2) is 5.82. The van der Waals surface area contributed by atoms with Crippen LogP contribution in [0.4, 0.5) is 0 Å². The molecule has 1 heterocycles. The minimum Gasteiger partial charge on any atom is -0.326 e. The molecule has 0 radical (unpaired) electrons. The SMILES string of the molecule is Cl.N[C@H]1CCN(S(=O)(=O)Cc2ccccc2)C1. The largest absolute Gasteiger partial charge is 0.326 e. The van der Waals surface area contributed by atoms with Crippen LogP contribution in [0, 0.1) is 0 Å². The zero-order chi connectivity index (χ0) is 11.6. The molecule has 1 aromatic carbocycles. The van der Waals surface area contributed by atoms with Gasteiger partial charge in [-0.15, -0.1) is 12.4 Å². The Hall–Kier alpha value is -0.620. The fourth-order valence-electron chi connectivity index (χ4n) is 1.88. The summed E-state index contributed by atoms with van der Waals surface area (Å²) in [6.07, 6.45) is 0.758. The fraction of sp³-hybridized carbons (Fsp3) is 0.455. The van der Waals surface area contributed by atoms with Crippen LogP contribution in [-0.2, 0) is 15.8 Å². The summed E-state index contributed by atoms with van der Waals surface area (Å²) < 4.78 is 25.5. The normalized spacial score (nSPS) is 21.1. The van der Waals surface area contributed by atoms with Crippen LogP contribution in [0.5, 0.6) is 0 Å². The molecule has 0 bridgehead atoms. The van der Waals surface area contributed by atoms with Crippen LogP contribution in [0.1, 0.15) is 12.0 Å². The van der Waals surface area contributed by atoms with E-state index in [0.29, 0.717) is 13.1 Å². The van der Waals surface area contributed by atoms with Crippen molar-refractivity contribution in [2.45, 2.75) is 18.2 Å². The highest BCUT2D eigenvalue weighted by Gasteiger charge is 2.29. The maximum Gasteiger partial charge on any atom is 0.218 e. The number of sulfonamides is 1. The average Bonchev–Trinajstić information content (AvgIpc) is 2.66. The van der Waals surface area contributed by atoms with E-state index in [1.807, 2.05) is 30.3 Å². The molecular formula is C11H17ClN2O2S. The summed E-state index contributed by atoms with van der Waals surface area (Å²) in [4.78, 5) is 0. The van der Waals surface area contributed by atoms with Crippen LogP contribution < -0.4 is 5.73 Å². The maximum absolute atomic E-state index is 12.0. The molecule has 1 aliphatic rings. The van der Waals surface area contributed by atoms with Gasteiger partial charge >= 0.3 is 0 Å². The van der Waals surface area contributed by atoms with Crippen molar-refractivity contribution in [3.8, 4) is 0 Å². The van der Waals surface area contributed by atoms with Crippen LogP contribution in [-0.4, -0.2) is 31.9 Å². The highest BCUT2D eigenvalue weighted by atomic mass is 35.5. The van der Waals surface area contributed by atoms with E-state index < -0.39 is 10.0 Å². The molecule has 1 atom stereocenters. The lowest BCUT2D eigenvalue weighted by Crippen LogP contribution is -2.32. The van der Waals surface area contributed by atoms with E-state index >= 15 is 0 Å². The Morgan fingerprint density at radius 2 is 1.94 bits per heavy atom. The number of benzene rings is 1. The Balaban J connectivity index is 0.00000144. The minimum absolute atomic E-state index is 0. The van der Waals surface area contributed by atoms with E-state index in [1.54, 1.807) is 0 Å². The first kappa shape index (κ1) is 14.4. The van der Waals surface area contributed by atoms with Crippen molar-refractivity contribution in [1.29, 1.82) is 0 Å². The lowest BCUT2D eigenvalue weighted by atomic mass is 10.2. The van der Waals surface area contributed by atoms with Crippen LogP contribution in [0.15, 0.2) is 30.3 Å². The van der Waals surface area contributed by atoms with Gasteiger partial charge in [-0.1, -0.05) is 30.3 Å². The molecule has 96 valence electrons. The van der Waals surface area contributed by atoms with Gasteiger partial charge in [0.2, 0.25) is 10.0 Å². The third-order valence-corrected chi connectivity index (χ3v) is 4.59. The van der Waals surface area contributed by atoms with E-state index in [0.717, 1.165) is 12.0 Å². The first-order valence-electron chi connectivity index (χ1n) is 5.35. The number of halogens is 1. The zero-order valence-corrected chi connectivity index (χ0v) is 11.1. The molecule has 1 aromatic rings. The van der Waals surface area contributed by atoms with E-state index in [-0.39, 0.29) is 24.2 Å². The molecule has 1 saturated heterocycles. The van der Waals surface area contributed by atoms with E-state index in [4.69, 9.17) is 5.73 Å². The van der Waals surface area contributed by atoms with Crippen LogP contribution in [0.2, 0.25) is 0 Å². The number of hydrogen-bond acceptors (Lipinski definition) is 3. The Morgan fingerprint density at radius 1 is 1.29 bits per heavy atom. The Bertz CT molecular complexity index is 450. The molecule has 0 aliphatic carbocycles. The second-order valence-corrected chi connectivity index (χ2v) is 6.12. The fourth-order valence-corrected chi connectivity index (χ4v) is 3.48. The predicted molar refractivity (Wildman–Crippen MR) is 70.5 cm³/mol. The molecule has 0 amide bonds. The van der Waals surface area contributed by atoms with Crippen LogP contribution in [0.3, 0.4) is 0 Å². The molecule has 0 spiro atoms. The van der Waals surface area contributed by atoms with E-state index in [9.17, 15) is 8.42 Å². The topological polar surface area (TPSA) is 63.4 Å². The first-order chi connectivity index (χ1) is 7.58. The molecular weight excluding hydrogens is 260 g/mol. The van der Waals surface area contributed by atoms with Gasteiger partial charge in [0.25, 0.3) is 0 Å². The van der Waals surface area contributed by atoms with Gasteiger partial charge in [-0.2, -0.15) is 0 Å². The number of rotatable bonds is 3. The van der Waals surface area contributed by atoms with Gasteiger partial charge in [0.05, 0.1) is 5.75 Å². The van der Waals surface area contributed by atoms with E-state index in [1.165, 1.54) is 4.31 Å². The van der Waals surface area contributed by atoms with Gasteiger partial charge < -0.3 is 5.73 Å². The first-order valence-corrected chi connectivity index (χ1v) is 6.96. The molecule has 0 aromatic heterocycles. The van der Waals surface area contributed by atoms with Gasteiger partial charge in [-0.05, 0) is 12.0 Å². The summed E-state index contributed by atoms with van der Waals surface area (Å²) >= 11 is 0. The van der Waals surface area contributed by atoms with Gasteiger partial charge in [-0.3, -0.25) is 0 Å². The monoisotopic (exact) mass is 276 g/mol. The number of hydrogen-bond donors (Lipinski definition) is 1. The lowest BCUT2D eigenvalue weighted by molar-refractivity contribution is 0.471. The second-order valence-electron chi connectivity index (χ2n) is 4.15. The van der Waals surface area contributed by atoms with Crippen LogP contribution >= 0.6 is 12.4 Å². The van der Waals surface area contributed by atoms with Crippen molar-refractivity contribution < 1.29 is 8.42 Å². The number of nitrogens with two attached hydrogens (primary N) is 1. The van der Waals surface area contributed by atoms with Crippen molar-refractivity contribution in [2.24, 2.45) is 5.73 Å². The van der Waals surface area contributed by atoms with Crippen molar-refractivity contribution in [3.63, 3.8) is 0 Å². The summed E-state index contributed by atoms with van der Waals surface area (Å²) in [7, 11) is -3.19. The molecule has 6 heteroatoms. The summed E-state index contributed by atoms with van der Waals surface area (Å²) in [5.41, 5.74) is 6.53. The maximum atomic E-state index is 12.0. The smallest absolute Gasteiger partial charge is 0.218 e. The molecule has 1 fully saturated rings. The van der Waals surface area contributed by atoms with Crippen molar-refractivity contribution in [1.82, 2.24) is 4.31 Å². The molecule has 2 N–H and O–H groups in total.